The van der Waals surface area contributed by atoms with Crippen molar-refractivity contribution in [3.05, 3.63) is 89.2 Å². The van der Waals surface area contributed by atoms with Gasteiger partial charge >= 0.3 is 5.97 Å². The summed E-state index contributed by atoms with van der Waals surface area (Å²) in [6.07, 6.45) is 8.92. The summed E-state index contributed by atoms with van der Waals surface area (Å²) in [5.74, 6) is 1.02. The summed E-state index contributed by atoms with van der Waals surface area (Å²) in [5, 5.41) is 15.4. The fraction of sp³-hybridized carbons (Fsp3) is 0.556. The first-order chi connectivity index (χ1) is 20.6. The van der Waals surface area contributed by atoms with Crippen LogP contribution in [-0.2, 0) is 17.8 Å². The van der Waals surface area contributed by atoms with Gasteiger partial charge in [0.05, 0.1) is 5.69 Å². The third-order valence-corrected chi connectivity index (χ3v) is 10.3. The van der Waals surface area contributed by atoms with Crippen LogP contribution in [0.5, 0.6) is 0 Å². The van der Waals surface area contributed by atoms with E-state index in [1.165, 1.54) is 41.8 Å². The molecule has 6 heteroatoms. The molecule has 6 rings (SSSR count). The van der Waals surface area contributed by atoms with E-state index in [-0.39, 0.29) is 12.0 Å². The lowest BCUT2D eigenvalue weighted by Crippen LogP contribution is -2.46. The summed E-state index contributed by atoms with van der Waals surface area (Å²) in [6, 6.07) is 23.6. The Kier molecular flexibility index (Phi) is 9.40. The van der Waals surface area contributed by atoms with Gasteiger partial charge in [0.15, 0.2) is 0 Å². The maximum absolute atomic E-state index is 12.6. The van der Waals surface area contributed by atoms with Gasteiger partial charge in [0.1, 0.15) is 6.04 Å². The Morgan fingerprint density at radius 2 is 1.62 bits per heavy atom. The highest BCUT2D eigenvalue weighted by Gasteiger charge is 2.43. The molecule has 224 valence electrons. The van der Waals surface area contributed by atoms with Gasteiger partial charge in [-0.05, 0) is 74.7 Å². The van der Waals surface area contributed by atoms with Gasteiger partial charge in [-0.2, -0.15) is 5.10 Å². The second kappa shape index (κ2) is 13.6. The molecular formula is C36H48N4O2. The summed E-state index contributed by atoms with van der Waals surface area (Å²) in [4.78, 5) is 17.6. The predicted octanol–water partition coefficient (Wildman–Crippen LogP) is 6.42. The first-order valence-corrected chi connectivity index (χ1v) is 16.4. The molecule has 42 heavy (non-hydrogen) atoms. The number of aryl methyl sites for hydroxylation is 1. The molecule has 2 saturated heterocycles. The molecule has 0 radical (unpaired) electrons. The van der Waals surface area contributed by atoms with Crippen molar-refractivity contribution < 1.29 is 9.90 Å². The van der Waals surface area contributed by atoms with Crippen molar-refractivity contribution in [3.8, 4) is 0 Å². The van der Waals surface area contributed by atoms with Gasteiger partial charge in [0.2, 0.25) is 0 Å². The maximum Gasteiger partial charge on any atom is 0.321 e. The Bertz CT molecular complexity index is 1280. The molecule has 0 bridgehead atoms. The Morgan fingerprint density at radius 1 is 0.929 bits per heavy atom. The van der Waals surface area contributed by atoms with Crippen LogP contribution in [0, 0.1) is 11.8 Å². The highest BCUT2D eigenvalue weighted by molar-refractivity contribution is 5.74. The second-order valence-corrected chi connectivity index (χ2v) is 13.0. The number of rotatable bonds is 10. The zero-order chi connectivity index (χ0) is 28.9. The van der Waals surface area contributed by atoms with Crippen LogP contribution in [-0.4, -0.2) is 69.4 Å². The number of carbonyl (C=O) groups is 1. The van der Waals surface area contributed by atoms with Crippen molar-refractivity contribution in [3.63, 3.8) is 0 Å². The number of hydrogen-bond acceptors (Lipinski definition) is 4. The minimum atomic E-state index is -0.617. The number of likely N-dealkylation sites (tertiary alicyclic amines) is 2. The van der Waals surface area contributed by atoms with Crippen molar-refractivity contribution in [1.82, 2.24) is 19.6 Å². The Labute approximate surface area is 251 Å². The van der Waals surface area contributed by atoms with E-state index in [1.807, 2.05) is 0 Å². The Hall–Kier alpha value is -2.96. The van der Waals surface area contributed by atoms with E-state index < -0.39 is 5.97 Å². The number of aliphatic carboxylic acids is 1. The summed E-state index contributed by atoms with van der Waals surface area (Å²) in [5.41, 5.74) is 5.27. The van der Waals surface area contributed by atoms with Gasteiger partial charge in [-0.15, -0.1) is 0 Å². The fourth-order valence-corrected chi connectivity index (χ4v) is 8.14. The molecule has 2 aromatic carbocycles. The van der Waals surface area contributed by atoms with E-state index in [4.69, 9.17) is 5.10 Å². The molecule has 1 aliphatic carbocycles. The smallest absolute Gasteiger partial charge is 0.321 e. The molecule has 1 aromatic heterocycles. The van der Waals surface area contributed by atoms with Crippen LogP contribution in [0.25, 0.3) is 0 Å². The molecule has 6 nitrogen and oxygen atoms in total. The van der Waals surface area contributed by atoms with Gasteiger partial charge in [-0.1, -0.05) is 79.9 Å². The first kappa shape index (κ1) is 29.1. The van der Waals surface area contributed by atoms with E-state index in [9.17, 15) is 9.90 Å². The standard InChI is InChI=1S/C36H48N4O2/c1-2-40-32(22-27-12-6-3-7-13-27)23-34(37-40)29-18-20-38(21-19-29)24-31-25-39(26-33(31)28-14-8-4-9-15-28)35(36(41)42)30-16-10-5-11-17-30/h3-4,6-9,12-15,23,29-31,33,35H,2,5,10-11,16-22,24-26H2,1H3,(H,41,42). The van der Waals surface area contributed by atoms with Crippen LogP contribution >= 0.6 is 0 Å². The number of nitrogens with zero attached hydrogens (tertiary/aromatic N) is 4. The average molecular weight is 569 g/mol. The molecule has 3 atom stereocenters. The minimum Gasteiger partial charge on any atom is -0.480 e. The van der Waals surface area contributed by atoms with E-state index in [0.717, 1.165) is 71.4 Å². The number of aromatic nitrogens is 2. The quantitative estimate of drug-likeness (QED) is 0.306. The van der Waals surface area contributed by atoms with E-state index in [2.05, 4.69) is 88.1 Å². The Balaban J connectivity index is 1.11. The third kappa shape index (κ3) is 6.65. The molecule has 1 saturated carbocycles. The molecular weight excluding hydrogens is 520 g/mol. The molecule has 1 N–H and O–H groups in total. The summed E-state index contributed by atoms with van der Waals surface area (Å²) in [7, 11) is 0. The first-order valence-electron chi connectivity index (χ1n) is 16.4. The molecule has 3 aliphatic rings. The van der Waals surface area contributed by atoms with Gasteiger partial charge in [0, 0.05) is 50.1 Å². The Morgan fingerprint density at radius 3 is 2.29 bits per heavy atom. The average Bonchev–Trinajstić information content (AvgIpc) is 3.63. The lowest BCUT2D eigenvalue weighted by molar-refractivity contribution is -0.145. The van der Waals surface area contributed by atoms with E-state index in [0.29, 0.717) is 17.8 Å². The lowest BCUT2D eigenvalue weighted by Gasteiger charge is -2.35. The van der Waals surface area contributed by atoms with Crippen molar-refractivity contribution in [2.75, 3.05) is 32.7 Å². The molecule has 3 unspecified atom stereocenters. The highest BCUT2D eigenvalue weighted by atomic mass is 16.4. The number of carboxylic acid groups (broad SMARTS) is 1. The van der Waals surface area contributed by atoms with Crippen molar-refractivity contribution in [2.24, 2.45) is 11.8 Å². The molecule has 0 spiro atoms. The number of benzene rings is 2. The highest BCUT2D eigenvalue weighted by Crippen LogP contribution is 2.39. The molecule has 3 heterocycles. The van der Waals surface area contributed by atoms with Crippen LogP contribution in [0.3, 0.4) is 0 Å². The van der Waals surface area contributed by atoms with Crippen LogP contribution in [0.2, 0.25) is 0 Å². The third-order valence-electron chi connectivity index (χ3n) is 10.3. The normalized spacial score (nSPS) is 23.7. The predicted molar refractivity (Wildman–Crippen MR) is 168 cm³/mol. The van der Waals surface area contributed by atoms with E-state index >= 15 is 0 Å². The molecule has 3 aromatic rings. The number of carboxylic acids is 1. The zero-order valence-corrected chi connectivity index (χ0v) is 25.3. The summed E-state index contributed by atoms with van der Waals surface area (Å²) >= 11 is 0. The minimum absolute atomic E-state index is 0.289. The van der Waals surface area contributed by atoms with Crippen LogP contribution in [0.1, 0.15) is 86.2 Å². The SMILES string of the molecule is CCn1nc(C2CCN(CC3CN(C(C(=O)O)C4CCCCC4)CC3c3ccccc3)CC2)cc1Cc1ccccc1. The van der Waals surface area contributed by atoms with Gasteiger partial charge in [-0.25, -0.2) is 0 Å². The van der Waals surface area contributed by atoms with Crippen LogP contribution < -0.4 is 0 Å². The summed E-state index contributed by atoms with van der Waals surface area (Å²) < 4.78 is 2.19. The van der Waals surface area contributed by atoms with Crippen LogP contribution in [0.4, 0.5) is 0 Å². The largest absolute Gasteiger partial charge is 0.480 e. The molecule has 2 aliphatic heterocycles. The van der Waals surface area contributed by atoms with Crippen LogP contribution in [0.15, 0.2) is 66.7 Å². The molecule has 0 amide bonds. The van der Waals surface area contributed by atoms with Crippen molar-refractivity contribution in [1.29, 1.82) is 0 Å². The monoisotopic (exact) mass is 568 g/mol. The maximum atomic E-state index is 12.6. The van der Waals surface area contributed by atoms with Gasteiger partial charge < -0.3 is 10.0 Å². The van der Waals surface area contributed by atoms with E-state index in [1.54, 1.807) is 0 Å². The molecule has 3 fully saturated rings. The van der Waals surface area contributed by atoms with Gasteiger partial charge in [-0.3, -0.25) is 14.4 Å². The number of piperidine rings is 1. The topological polar surface area (TPSA) is 61.6 Å². The fourth-order valence-electron chi connectivity index (χ4n) is 8.14. The van der Waals surface area contributed by atoms with Gasteiger partial charge in [0.25, 0.3) is 0 Å². The van der Waals surface area contributed by atoms with Crippen molar-refractivity contribution >= 4 is 5.97 Å². The van der Waals surface area contributed by atoms with Crippen molar-refractivity contribution in [2.45, 2.75) is 82.7 Å². The zero-order valence-electron chi connectivity index (χ0n) is 25.3. The number of hydrogen-bond donors (Lipinski definition) is 1. The summed E-state index contributed by atoms with van der Waals surface area (Å²) in [6.45, 7) is 8.04. The lowest BCUT2D eigenvalue weighted by atomic mass is 9.83. The second-order valence-electron chi connectivity index (χ2n) is 13.0.